The zero-order valence-electron chi connectivity index (χ0n) is 23.6. The highest BCUT2D eigenvalue weighted by atomic mass is 32.2. The van der Waals surface area contributed by atoms with Gasteiger partial charge in [-0.2, -0.15) is 11.8 Å². The fraction of sp³-hybridized carbons (Fsp3) is 0.171. The molecule has 0 spiro atoms. The molecule has 0 aliphatic heterocycles. The fourth-order valence-corrected chi connectivity index (χ4v) is 6.05. The van der Waals surface area contributed by atoms with Crippen molar-refractivity contribution < 1.29 is 19.4 Å². The monoisotopic (exact) mass is 591 g/mol. The summed E-state index contributed by atoms with van der Waals surface area (Å²) in [6.07, 6.45) is 3.43. The van der Waals surface area contributed by atoms with Gasteiger partial charge in [0.25, 0.3) is 0 Å². The van der Waals surface area contributed by atoms with Crippen molar-refractivity contribution in [3.63, 3.8) is 0 Å². The van der Waals surface area contributed by atoms with Crippen LogP contribution in [-0.2, 0) is 27.4 Å². The Balaban J connectivity index is 1.28. The number of imidazole rings is 1. The molecule has 218 valence electrons. The molecule has 5 rings (SSSR count). The SMILES string of the molecule is O=C(NC(CCSCc1cn(C(c2ccccc2)(c2ccccc2)c2ccccc2)cn1)C(=O)O)OCc1ccccc1. The van der Waals surface area contributed by atoms with E-state index in [2.05, 4.69) is 52.5 Å². The molecule has 0 fully saturated rings. The van der Waals surface area contributed by atoms with Crippen molar-refractivity contribution in [1.82, 2.24) is 14.9 Å². The number of rotatable bonds is 13. The van der Waals surface area contributed by atoms with E-state index in [4.69, 9.17) is 9.72 Å². The zero-order chi connectivity index (χ0) is 29.9. The van der Waals surface area contributed by atoms with Crippen molar-refractivity contribution in [2.24, 2.45) is 0 Å². The largest absolute Gasteiger partial charge is 0.480 e. The molecular weight excluding hydrogens is 558 g/mol. The average Bonchev–Trinajstić information content (AvgIpc) is 3.53. The second-order valence-electron chi connectivity index (χ2n) is 10.0. The van der Waals surface area contributed by atoms with Crippen LogP contribution >= 0.6 is 11.8 Å². The Kier molecular flexibility index (Phi) is 9.92. The predicted molar refractivity (Wildman–Crippen MR) is 169 cm³/mol. The third kappa shape index (κ3) is 7.16. The van der Waals surface area contributed by atoms with Crippen LogP contribution in [0, 0.1) is 0 Å². The van der Waals surface area contributed by atoms with E-state index in [9.17, 15) is 14.7 Å². The molecule has 0 bridgehead atoms. The van der Waals surface area contributed by atoms with Crippen LogP contribution in [0.2, 0.25) is 0 Å². The van der Waals surface area contributed by atoms with E-state index >= 15 is 0 Å². The van der Waals surface area contributed by atoms with Gasteiger partial charge in [0.05, 0.1) is 12.0 Å². The second kappa shape index (κ2) is 14.4. The summed E-state index contributed by atoms with van der Waals surface area (Å²) in [5, 5.41) is 12.1. The maximum Gasteiger partial charge on any atom is 0.408 e. The number of ether oxygens (including phenoxy) is 1. The van der Waals surface area contributed by atoms with Crippen molar-refractivity contribution in [1.29, 1.82) is 0 Å². The van der Waals surface area contributed by atoms with Crippen molar-refractivity contribution in [2.45, 2.75) is 30.4 Å². The number of amides is 1. The van der Waals surface area contributed by atoms with Gasteiger partial charge in [-0.25, -0.2) is 14.6 Å². The van der Waals surface area contributed by atoms with Crippen molar-refractivity contribution in [3.05, 3.63) is 162 Å². The number of carbonyl (C=O) groups excluding carboxylic acids is 1. The summed E-state index contributed by atoms with van der Waals surface area (Å²) < 4.78 is 7.36. The molecule has 0 saturated carbocycles. The number of hydrogen-bond acceptors (Lipinski definition) is 5. The number of carboxylic acids is 1. The summed E-state index contributed by atoms with van der Waals surface area (Å²) in [5.74, 6) is 0.0101. The van der Waals surface area contributed by atoms with E-state index in [1.807, 2.05) is 91.3 Å². The first-order valence-corrected chi connectivity index (χ1v) is 15.2. The third-order valence-electron chi connectivity index (χ3n) is 7.20. The minimum Gasteiger partial charge on any atom is -0.480 e. The first-order chi connectivity index (χ1) is 21.1. The summed E-state index contributed by atoms with van der Waals surface area (Å²) in [4.78, 5) is 28.8. The highest BCUT2D eigenvalue weighted by Crippen LogP contribution is 2.40. The summed E-state index contributed by atoms with van der Waals surface area (Å²) in [6, 6.07) is 39.4. The van der Waals surface area contributed by atoms with E-state index < -0.39 is 23.6 Å². The Bertz CT molecular complexity index is 1500. The lowest BCUT2D eigenvalue weighted by Crippen LogP contribution is -2.41. The first-order valence-electron chi connectivity index (χ1n) is 14.0. The molecule has 1 unspecified atom stereocenters. The molecule has 1 amide bonds. The van der Waals surface area contributed by atoms with Gasteiger partial charge in [0.1, 0.15) is 18.2 Å². The number of aliphatic carboxylic acids is 1. The maximum atomic E-state index is 12.2. The topological polar surface area (TPSA) is 93.5 Å². The zero-order valence-corrected chi connectivity index (χ0v) is 24.4. The van der Waals surface area contributed by atoms with Gasteiger partial charge in [-0.3, -0.25) is 0 Å². The Hall–Kier alpha value is -4.82. The number of nitrogens with one attached hydrogen (secondary N) is 1. The van der Waals surface area contributed by atoms with Crippen LogP contribution < -0.4 is 5.32 Å². The minimum atomic E-state index is -1.10. The first kappa shape index (κ1) is 29.7. The number of thioether (sulfide) groups is 1. The Labute approximate surface area is 255 Å². The van der Waals surface area contributed by atoms with E-state index in [1.54, 1.807) is 11.8 Å². The second-order valence-corrected chi connectivity index (χ2v) is 11.1. The molecule has 2 N–H and O–H groups in total. The van der Waals surface area contributed by atoms with E-state index in [0.717, 1.165) is 27.9 Å². The normalized spacial score (nSPS) is 11.9. The minimum absolute atomic E-state index is 0.0762. The Morgan fingerprint density at radius 1 is 0.814 bits per heavy atom. The van der Waals surface area contributed by atoms with Gasteiger partial charge in [0, 0.05) is 11.9 Å². The van der Waals surface area contributed by atoms with Gasteiger partial charge in [-0.05, 0) is 34.4 Å². The molecule has 4 aromatic carbocycles. The molecule has 8 heteroatoms. The summed E-state index contributed by atoms with van der Waals surface area (Å²) in [7, 11) is 0. The van der Waals surface area contributed by atoms with Crippen LogP contribution in [-0.4, -0.2) is 38.5 Å². The average molecular weight is 592 g/mol. The number of aromatic nitrogens is 2. The number of nitrogens with zero attached hydrogens (tertiary/aromatic N) is 2. The van der Waals surface area contributed by atoms with Gasteiger partial charge >= 0.3 is 12.1 Å². The fourth-order valence-electron chi connectivity index (χ4n) is 5.15. The molecule has 1 heterocycles. The lowest BCUT2D eigenvalue weighted by Gasteiger charge is -2.37. The predicted octanol–water partition coefficient (Wildman–Crippen LogP) is 6.73. The van der Waals surface area contributed by atoms with Crippen LogP contribution in [0.25, 0.3) is 0 Å². The molecule has 5 aromatic rings. The van der Waals surface area contributed by atoms with E-state index in [0.29, 0.717) is 11.5 Å². The van der Waals surface area contributed by atoms with E-state index in [1.165, 1.54) is 0 Å². The van der Waals surface area contributed by atoms with Crippen LogP contribution in [0.4, 0.5) is 4.79 Å². The number of hydrogen-bond donors (Lipinski definition) is 2. The lowest BCUT2D eigenvalue weighted by molar-refractivity contribution is -0.139. The molecule has 1 atom stereocenters. The van der Waals surface area contributed by atoms with Crippen molar-refractivity contribution in [2.75, 3.05) is 5.75 Å². The standard InChI is InChI=1S/C35H33N3O4S/c39-33(40)32(37-34(41)42-24-27-13-5-1-6-14-27)21-22-43-25-31-23-38(26-36-31)35(28-15-7-2-8-16-28,29-17-9-3-10-18-29)30-19-11-4-12-20-30/h1-20,23,26,32H,21-22,24-25H2,(H,37,41)(H,39,40). The Morgan fingerprint density at radius 2 is 1.33 bits per heavy atom. The molecule has 43 heavy (non-hydrogen) atoms. The van der Waals surface area contributed by atoms with Crippen LogP contribution in [0.15, 0.2) is 134 Å². The van der Waals surface area contributed by atoms with Gasteiger partial charge in [0.15, 0.2) is 0 Å². The van der Waals surface area contributed by atoms with Crippen LogP contribution in [0.5, 0.6) is 0 Å². The molecule has 0 radical (unpaired) electrons. The molecule has 1 aromatic heterocycles. The maximum absolute atomic E-state index is 12.2. The molecule has 0 aliphatic rings. The highest BCUT2D eigenvalue weighted by molar-refractivity contribution is 7.98. The van der Waals surface area contributed by atoms with Crippen LogP contribution in [0.1, 0.15) is 34.4 Å². The van der Waals surface area contributed by atoms with Crippen molar-refractivity contribution >= 4 is 23.8 Å². The van der Waals surface area contributed by atoms with Crippen molar-refractivity contribution in [3.8, 4) is 0 Å². The number of carbonyl (C=O) groups is 2. The highest BCUT2D eigenvalue weighted by Gasteiger charge is 2.38. The van der Waals surface area contributed by atoms with Gasteiger partial charge < -0.3 is 19.7 Å². The van der Waals surface area contributed by atoms with Gasteiger partial charge in [-0.15, -0.1) is 0 Å². The summed E-state index contributed by atoms with van der Waals surface area (Å²) >= 11 is 1.57. The summed E-state index contributed by atoms with van der Waals surface area (Å²) in [6.45, 7) is 0.0762. The van der Waals surface area contributed by atoms with Gasteiger partial charge in [0.2, 0.25) is 0 Å². The quantitative estimate of drug-likeness (QED) is 0.117. The molecule has 0 aliphatic carbocycles. The number of carboxylic acid groups (broad SMARTS) is 1. The van der Waals surface area contributed by atoms with E-state index in [-0.39, 0.29) is 13.0 Å². The number of alkyl carbamates (subject to hydrolysis) is 1. The number of benzene rings is 4. The van der Waals surface area contributed by atoms with Crippen LogP contribution in [0.3, 0.4) is 0 Å². The Morgan fingerprint density at radius 3 is 1.84 bits per heavy atom. The molecular formula is C35H33N3O4S. The smallest absolute Gasteiger partial charge is 0.408 e. The molecule has 7 nitrogen and oxygen atoms in total. The lowest BCUT2D eigenvalue weighted by atomic mass is 9.77. The molecule has 0 saturated heterocycles. The third-order valence-corrected chi connectivity index (χ3v) is 8.23. The van der Waals surface area contributed by atoms with Gasteiger partial charge in [-0.1, -0.05) is 121 Å². The summed E-state index contributed by atoms with van der Waals surface area (Å²) in [5.41, 5.74) is 4.39.